The van der Waals surface area contributed by atoms with Crippen LogP contribution < -0.4 is 37.5 Å². The van der Waals surface area contributed by atoms with E-state index in [4.69, 9.17) is 54.8 Å². The van der Waals surface area contributed by atoms with Crippen LogP contribution in [0.5, 0.6) is 0 Å². The van der Waals surface area contributed by atoms with Crippen LogP contribution in [0.3, 0.4) is 0 Å². The van der Waals surface area contributed by atoms with E-state index in [9.17, 15) is 24.6 Å². The first-order valence-corrected chi connectivity index (χ1v) is 23.2. The summed E-state index contributed by atoms with van der Waals surface area (Å²) in [7, 11) is 0. The Labute approximate surface area is 393 Å². The Morgan fingerprint density at radius 1 is 0.636 bits per heavy atom. The summed E-state index contributed by atoms with van der Waals surface area (Å²) in [6.45, 7) is 6.54. The molecule has 0 bridgehead atoms. The minimum Gasteiger partial charge on any atom is -0.395 e. The van der Waals surface area contributed by atoms with Crippen LogP contribution in [-0.2, 0) is 64.6 Å². The molecule has 12 N–H and O–H groups in total. The molecule has 0 aliphatic carbocycles. The summed E-state index contributed by atoms with van der Waals surface area (Å²) in [5.41, 5.74) is 13.3. The van der Waals surface area contributed by atoms with Gasteiger partial charge in [0, 0.05) is 37.5 Å². The SMILES string of the molecule is N=C(N)c1ccc(CNC(=O)[C@H](CCCCNC(=O)COCC(=O)NCCOCCOCCOCCOCCOCCOCCOCCN)NC(O)[C@@H](CO)NSCc2ccccc2)cc1. The van der Waals surface area contributed by atoms with E-state index in [1.54, 1.807) is 24.3 Å². The summed E-state index contributed by atoms with van der Waals surface area (Å²) in [4.78, 5) is 37.8. The largest absolute Gasteiger partial charge is 0.395 e. The number of nitrogens with two attached hydrogens (primary N) is 2. The molecule has 0 saturated carbocycles. The second-order valence-electron chi connectivity index (χ2n) is 14.4. The van der Waals surface area contributed by atoms with Crippen LogP contribution in [0.2, 0.25) is 0 Å². The van der Waals surface area contributed by atoms with Crippen LogP contribution in [-0.4, -0.2) is 184 Å². The number of aliphatic hydroxyl groups is 2. The molecule has 2 aromatic carbocycles. The van der Waals surface area contributed by atoms with Crippen LogP contribution in [0, 0.1) is 5.41 Å². The predicted octanol–water partition coefficient (Wildman–Crippen LogP) is -0.843. The summed E-state index contributed by atoms with van der Waals surface area (Å²) in [5.74, 6) is -0.589. The first kappa shape index (κ1) is 58.3. The number of nitrogen functional groups attached to an aromatic ring is 1. The van der Waals surface area contributed by atoms with Gasteiger partial charge in [0.25, 0.3) is 0 Å². The highest BCUT2D eigenvalue weighted by Gasteiger charge is 2.26. The third-order valence-corrected chi connectivity index (χ3v) is 10.0. The number of amides is 3. The second kappa shape index (κ2) is 40.2. The third-order valence-electron chi connectivity index (χ3n) is 9.09. The zero-order chi connectivity index (χ0) is 47.7. The number of nitrogens with one attached hydrogen (secondary N) is 6. The van der Waals surface area contributed by atoms with Gasteiger partial charge in [-0.1, -0.05) is 66.5 Å². The van der Waals surface area contributed by atoms with Gasteiger partial charge in [0.2, 0.25) is 17.7 Å². The van der Waals surface area contributed by atoms with Crippen molar-refractivity contribution < 1.29 is 62.5 Å². The molecular formula is C44H74N8O13S. The predicted molar refractivity (Wildman–Crippen MR) is 249 cm³/mol. The molecule has 0 radical (unpaired) electrons. The van der Waals surface area contributed by atoms with Gasteiger partial charge in [0.15, 0.2) is 0 Å². The van der Waals surface area contributed by atoms with Gasteiger partial charge in [-0.2, -0.15) is 0 Å². The number of rotatable bonds is 44. The maximum absolute atomic E-state index is 13.3. The van der Waals surface area contributed by atoms with Gasteiger partial charge >= 0.3 is 0 Å². The van der Waals surface area contributed by atoms with Crippen LogP contribution in [0.15, 0.2) is 54.6 Å². The average Bonchev–Trinajstić information content (AvgIpc) is 3.32. The number of hydrogen-bond donors (Lipinski definition) is 10. The fourth-order valence-corrected chi connectivity index (χ4v) is 6.40. The standard InChI is InChI=1S/C44H74N8O13S/c45-13-16-58-18-20-60-22-24-62-26-28-64-29-27-63-25-23-61-21-19-59-17-15-49-41(55)33-65-32-40(54)48-14-5-4-8-38(43(56)50-30-35-9-11-37(12-10-35)42(46)47)51-44(57)39(31-53)52-66-34-36-6-2-1-3-7-36/h1-3,6-7,9-12,38-39,44,51-53,57H,4-5,8,13-34,45H2,(H3,46,47)(H,48,54)(H,49,55)(H,50,56)/t38-,39+,44?/m0/s1. The zero-order valence-corrected chi connectivity index (χ0v) is 38.9. The number of aliphatic hydroxyl groups excluding tert-OH is 2. The van der Waals surface area contributed by atoms with Gasteiger partial charge in [-0.15, -0.1) is 0 Å². The van der Waals surface area contributed by atoms with Gasteiger partial charge < -0.3 is 75.5 Å². The first-order valence-electron chi connectivity index (χ1n) is 22.3. The monoisotopic (exact) mass is 955 g/mol. The molecule has 0 aromatic heterocycles. The Morgan fingerprint density at radius 2 is 1.15 bits per heavy atom. The van der Waals surface area contributed by atoms with Gasteiger partial charge in [-0.3, -0.25) is 29.8 Å². The number of hydrogen-bond acceptors (Lipinski definition) is 18. The number of carbonyl (C=O) groups excluding carboxylic acids is 3. The zero-order valence-electron chi connectivity index (χ0n) is 38.1. The number of benzene rings is 2. The summed E-state index contributed by atoms with van der Waals surface area (Å²) in [5, 5.41) is 39.8. The minimum absolute atomic E-state index is 0.0573. The van der Waals surface area contributed by atoms with Crippen LogP contribution in [0.1, 0.15) is 36.0 Å². The van der Waals surface area contributed by atoms with E-state index < -0.39 is 24.2 Å². The maximum atomic E-state index is 13.3. The summed E-state index contributed by atoms with van der Waals surface area (Å²) >= 11 is 1.33. The molecule has 66 heavy (non-hydrogen) atoms. The van der Waals surface area contributed by atoms with Crippen molar-refractivity contribution in [3.05, 3.63) is 71.3 Å². The molecule has 3 amide bonds. The van der Waals surface area contributed by atoms with Crippen molar-refractivity contribution in [2.45, 2.75) is 49.9 Å². The number of ether oxygens (including phenoxy) is 8. The molecule has 22 heteroatoms. The molecule has 0 aliphatic heterocycles. The van der Waals surface area contributed by atoms with Crippen LogP contribution >= 0.6 is 11.9 Å². The Balaban J connectivity index is 1.51. The molecule has 21 nitrogen and oxygen atoms in total. The molecule has 2 rings (SSSR count). The van der Waals surface area contributed by atoms with E-state index in [0.29, 0.717) is 130 Å². The summed E-state index contributed by atoms with van der Waals surface area (Å²) in [6, 6.07) is 15.1. The van der Waals surface area contributed by atoms with Gasteiger partial charge in [-0.25, -0.2) is 0 Å². The average molecular weight is 955 g/mol. The molecule has 0 saturated heterocycles. The number of carbonyl (C=O) groups is 3. The lowest BCUT2D eigenvalue weighted by Crippen LogP contribution is -2.55. The lowest BCUT2D eigenvalue weighted by Gasteiger charge is -2.27. The van der Waals surface area contributed by atoms with Gasteiger partial charge in [0.05, 0.1) is 111 Å². The van der Waals surface area contributed by atoms with Crippen molar-refractivity contribution in [3.8, 4) is 0 Å². The van der Waals surface area contributed by atoms with E-state index in [0.717, 1.165) is 11.1 Å². The normalized spacial score (nSPS) is 12.7. The molecule has 374 valence electrons. The Hall–Kier alpha value is -3.85. The fourth-order valence-electron chi connectivity index (χ4n) is 5.54. The van der Waals surface area contributed by atoms with Crippen LogP contribution in [0.4, 0.5) is 0 Å². The molecule has 1 unspecified atom stereocenters. The molecule has 0 fully saturated rings. The Morgan fingerprint density at radius 3 is 1.67 bits per heavy atom. The molecule has 2 aromatic rings. The minimum atomic E-state index is -1.26. The maximum Gasteiger partial charge on any atom is 0.246 e. The quantitative estimate of drug-likeness (QED) is 0.0127. The molecule has 0 spiro atoms. The molecule has 0 heterocycles. The highest BCUT2D eigenvalue weighted by Crippen LogP contribution is 2.11. The van der Waals surface area contributed by atoms with Crippen LogP contribution in [0.25, 0.3) is 0 Å². The van der Waals surface area contributed by atoms with Gasteiger partial charge in [-0.05, 0) is 30.4 Å². The van der Waals surface area contributed by atoms with Gasteiger partial charge in [0.1, 0.15) is 25.3 Å². The van der Waals surface area contributed by atoms with E-state index >= 15 is 0 Å². The Kier molecular flexibility index (Phi) is 35.5. The second-order valence-corrected chi connectivity index (χ2v) is 15.3. The van der Waals surface area contributed by atoms with Crippen molar-refractivity contribution in [1.29, 1.82) is 5.41 Å². The summed E-state index contributed by atoms with van der Waals surface area (Å²) < 4.78 is 46.2. The topological polar surface area (TPSA) is 302 Å². The van der Waals surface area contributed by atoms with Crippen molar-refractivity contribution >= 4 is 35.5 Å². The van der Waals surface area contributed by atoms with Crippen molar-refractivity contribution in [3.63, 3.8) is 0 Å². The Bertz CT molecular complexity index is 1540. The fraction of sp³-hybridized carbons (Fsp3) is 0.636. The van der Waals surface area contributed by atoms with Crippen molar-refractivity contribution in [1.82, 2.24) is 26.0 Å². The van der Waals surface area contributed by atoms with Crippen molar-refractivity contribution in [2.24, 2.45) is 11.5 Å². The van der Waals surface area contributed by atoms with E-state index in [1.165, 1.54) is 11.9 Å². The lowest BCUT2D eigenvalue weighted by molar-refractivity contribution is -0.131. The smallest absolute Gasteiger partial charge is 0.246 e. The first-order chi connectivity index (χ1) is 32.2. The van der Waals surface area contributed by atoms with E-state index in [2.05, 4.69) is 26.0 Å². The number of unbranched alkanes of at least 4 members (excludes halogenated alkanes) is 1. The van der Waals surface area contributed by atoms with Crippen molar-refractivity contribution in [2.75, 3.05) is 132 Å². The molecule has 0 aliphatic rings. The lowest BCUT2D eigenvalue weighted by atomic mass is 10.1. The highest BCUT2D eigenvalue weighted by atomic mass is 32.2. The molecule has 3 atom stereocenters. The van der Waals surface area contributed by atoms with E-state index in [1.807, 2.05) is 30.3 Å². The summed E-state index contributed by atoms with van der Waals surface area (Å²) in [6.07, 6.45) is 0.0946. The molecular weight excluding hydrogens is 881 g/mol. The highest BCUT2D eigenvalue weighted by molar-refractivity contribution is 7.96. The third kappa shape index (κ3) is 31.2. The van der Waals surface area contributed by atoms with E-state index in [-0.39, 0.29) is 57.2 Å². The number of amidine groups is 1.